The lowest BCUT2D eigenvalue weighted by molar-refractivity contribution is -0.105. The SMILES string of the molecule is O=S(CC(F)(F)F)C1CCC(F)CC1. The molecule has 1 fully saturated rings. The summed E-state index contributed by atoms with van der Waals surface area (Å²) in [6.45, 7) is 0. The minimum atomic E-state index is -4.38. The summed E-state index contributed by atoms with van der Waals surface area (Å²) in [6.07, 6.45) is -4.19. The molecule has 0 aromatic heterocycles. The first-order chi connectivity index (χ1) is 6.38. The van der Waals surface area contributed by atoms with E-state index in [1.54, 1.807) is 0 Å². The van der Waals surface area contributed by atoms with Gasteiger partial charge in [-0.15, -0.1) is 0 Å². The fourth-order valence-electron chi connectivity index (χ4n) is 1.56. The van der Waals surface area contributed by atoms with E-state index >= 15 is 0 Å². The Morgan fingerprint density at radius 1 is 1.14 bits per heavy atom. The molecule has 1 saturated carbocycles. The second kappa shape index (κ2) is 4.59. The van der Waals surface area contributed by atoms with Crippen LogP contribution in [-0.4, -0.2) is 27.6 Å². The third kappa shape index (κ3) is 3.94. The van der Waals surface area contributed by atoms with Gasteiger partial charge in [-0.3, -0.25) is 4.21 Å². The summed E-state index contributed by atoms with van der Waals surface area (Å²) in [5.41, 5.74) is 0. The molecule has 0 heterocycles. The van der Waals surface area contributed by atoms with E-state index in [1.807, 2.05) is 0 Å². The smallest absolute Gasteiger partial charge is 0.259 e. The fraction of sp³-hybridized carbons (Fsp3) is 1.00. The Labute approximate surface area is 82.3 Å². The summed E-state index contributed by atoms with van der Waals surface area (Å²) in [5, 5.41) is -0.469. The quantitative estimate of drug-likeness (QED) is 0.669. The Hall–Kier alpha value is -0.130. The van der Waals surface area contributed by atoms with Crippen LogP contribution in [0.5, 0.6) is 0 Å². The molecular formula is C8H12F4OS. The molecule has 14 heavy (non-hydrogen) atoms. The maximum absolute atomic E-state index is 12.6. The van der Waals surface area contributed by atoms with Crippen LogP contribution in [0.2, 0.25) is 0 Å². The van der Waals surface area contributed by atoms with Crippen molar-refractivity contribution in [1.29, 1.82) is 0 Å². The van der Waals surface area contributed by atoms with Crippen LogP contribution in [-0.2, 0) is 10.8 Å². The second-order valence-electron chi connectivity index (χ2n) is 3.51. The number of hydrogen-bond donors (Lipinski definition) is 0. The van der Waals surface area contributed by atoms with Gasteiger partial charge >= 0.3 is 6.18 Å². The highest BCUT2D eigenvalue weighted by Gasteiger charge is 2.35. The first-order valence-electron chi connectivity index (χ1n) is 4.46. The maximum atomic E-state index is 12.6. The van der Waals surface area contributed by atoms with E-state index in [9.17, 15) is 21.8 Å². The van der Waals surface area contributed by atoms with Gasteiger partial charge < -0.3 is 0 Å². The van der Waals surface area contributed by atoms with Gasteiger partial charge in [0.05, 0.1) is 0 Å². The topological polar surface area (TPSA) is 17.1 Å². The van der Waals surface area contributed by atoms with Crippen LogP contribution in [0.25, 0.3) is 0 Å². The van der Waals surface area contributed by atoms with E-state index in [2.05, 4.69) is 0 Å². The number of halogens is 4. The summed E-state index contributed by atoms with van der Waals surface area (Å²) >= 11 is 0. The van der Waals surface area contributed by atoms with Crippen LogP contribution in [0.1, 0.15) is 25.7 Å². The van der Waals surface area contributed by atoms with Gasteiger partial charge in [-0.05, 0) is 25.7 Å². The van der Waals surface area contributed by atoms with Crippen molar-refractivity contribution >= 4 is 10.8 Å². The van der Waals surface area contributed by atoms with Crippen LogP contribution in [0, 0.1) is 0 Å². The van der Waals surface area contributed by atoms with E-state index in [0.29, 0.717) is 12.8 Å². The molecule has 84 valence electrons. The van der Waals surface area contributed by atoms with Crippen LogP contribution < -0.4 is 0 Å². The van der Waals surface area contributed by atoms with Crippen molar-refractivity contribution in [3.63, 3.8) is 0 Å². The van der Waals surface area contributed by atoms with Gasteiger partial charge in [-0.25, -0.2) is 4.39 Å². The zero-order valence-electron chi connectivity index (χ0n) is 7.52. The molecule has 0 N–H and O–H groups in total. The van der Waals surface area contributed by atoms with E-state index in [4.69, 9.17) is 0 Å². The molecule has 0 aliphatic heterocycles. The molecule has 0 saturated heterocycles. The molecule has 6 heteroatoms. The first kappa shape index (κ1) is 11.9. The van der Waals surface area contributed by atoms with Crippen LogP contribution in [0.4, 0.5) is 17.6 Å². The lowest BCUT2D eigenvalue weighted by atomic mass is 9.98. The van der Waals surface area contributed by atoms with Gasteiger partial charge in [-0.2, -0.15) is 13.2 Å². The van der Waals surface area contributed by atoms with Crippen LogP contribution in [0.3, 0.4) is 0 Å². The first-order valence-corrected chi connectivity index (χ1v) is 5.84. The van der Waals surface area contributed by atoms with Crippen molar-refractivity contribution in [2.24, 2.45) is 0 Å². The largest absolute Gasteiger partial charge is 0.400 e. The molecule has 1 rings (SSSR count). The lowest BCUT2D eigenvalue weighted by Crippen LogP contribution is -2.30. The normalized spacial score (nSPS) is 31.4. The predicted octanol–water partition coefficient (Wildman–Crippen LogP) is 2.58. The van der Waals surface area contributed by atoms with Crippen molar-refractivity contribution in [3.8, 4) is 0 Å². The van der Waals surface area contributed by atoms with E-state index in [-0.39, 0.29) is 12.8 Å². The molecule has 1 nitrogen and oxygen atoms in total. The molecule has 0 aromatic carbocycles. The number of rotatable bonds is 2. The highest BCUT2D eigenvalue weighted by atomic mass is 32.2. The average Bonchev–Trinajstić information content (AvgIpc) is 2.02. The molecular weight excluding hydrogens is 220 g/mol. The van der Waals surface area contributed by atoms with Crippen LogP contribution in [0.15, 0.2) is 0 Å². The zero-order valence-corrected chi connectivity index (χ0v) is 8.34. The Kier molecular flexibility index (Phi) is 3.92. The van der Waals surface area contributed by atoms with Gasteiger partial charge in [-0.1, -0.05) is 0 Å². The molecule has 1 aliphatic carbocycles. The zero-order chi connectivity index (χ0) is 10.8. The van der Waals surface area contributed by atoms with Gasteiger partial charge in [0.2, 0.25) is 0 Å². The van der Waals surface area contributed by atoms with Crippen molar-refractivity contribution in [1.82, 2.24) is 0 Å². The third-order valence-corrected chi connectivity index (χ3v) is 4.11. The average molecular weight is 232 g/mol. The molecule has 0 aromatic rings. The van der Waals surface area contributed by atoms with Crippen molar-refractivity contribution < 1.29 is 21.8 Å². The maximum Gasteiger partial charge on any atom is 0.400 e. The third-order valence-electron chi connectivity index (χ3n) is 2.28. The standard InChI is InChI=1S/C8H12F4OS/c9-6-1-3-7(4-2-6)14(13)5-8(10,11)12/h6-7H,1-5H2. The molecule has 0 radical (unpaired) electrons. The lowest BCUT2D eigenvalue weighted by Gasteiger charge is -2.23. The monoisotopic (exact) mass is 232 g/mol. The Morgan fingerprint density at radius 3 is 2.07 bits per heavy atom. The molecule has 1 unspecified atom stereocenters. The van der Waals surface area contributed by atoms with Crippen molar-refractivity contribution in [3.05, 3.63) is 0 Å². The minimum Gasteiger partial charge on any atom is -0.259 e. The summed E-state index contributed by atoms with van der Waals surface area (Å²) in [4.78, 5) is 0. The van der Waals surface area contributed by atoms with Gasteiger partial charge in [0.15, 0.2) is 0 Å². The molecule has 0 spiro atoms. The van der Waals surface area contributed by atoms with E-state index in [0.717, 1.165) is 0 Å². The number of hydrogen-bond acceptors (Lipinski definition) is 1. The fourth-order valence-corrected chi connectivity index (χ4v) is 2.92. The van der Waals surface area contributed by atoms with Crippen molar-refractivity contribution in [2.75, 3.05) is 5.75 Å². The molecule has 0 amide bonds. The van der Waals surface area contributed by atoms with E-state index in [1.165, 1.54) is 0 Å². The highest BCUT2D eigenvalue weighted by molar-refractivity contribution is 7.85. The summed E-state index contributed by atoms with van der Waals surface area (Å²) in [5.74, 6) is -1.26. The van der Waals surface area contributed by atoms with Crippen LogP contribution >= 0.6 is 0 Å². The number of alkyl halides is 4. The molecule has 1 atom stereocenters. The van der Waals surface area contributed by atoms with Crippen molar-refractivity contribution in [2.45, 2.75) is 43.3 Å². The Morgan fingerprint density at radius 2 is 1.64 bits per heavy atom. The molecule has 0 bridgehead atoms. The Bertz CT molecular complexity index is 208. The van der Waals surface area contributed by atoms with Gasteiger partial charge in [0.25, 0.3) is 0 Å². The minimum absolute atomic E-state index is 0.244. The Balaban J connectivity index is 2.38. The van der Waals surface area contributed by atoms with E-state index < -0.39 is 34.2 Å². The summed E-state index contributed by atoms with van der Waals surface area (Å²) in [7, 11) is -1.88. The summed E-state index contributed by atoms with van der Waals surface area (Å²) < 4.78 is 59.4. The highest BCUT2D eigenvalue weighted by Crippen LogP contribution is 2.27. The second-order valence-corrected chi connectivity index (χ2v) is 5.23. The predicted molar refractivity (Wildman–Crippen MR) is 46.2 cm³/mol. The van der Waals surface area contributed by atoms with Gasteiger partial charge in [0.1, 0.15) is 11.9 Å². The molecule has 1 aliphatic rings. The van der Waals surface area contributed by atoms with Gasteiger partial charge in [0, 0.05) is 16.0 Å². The summed E-state index contributed by atoms with van der Waals surface area (Å²) in [6, 6.07) is 0.